The van der Waals surface area contributed by atoms with Crippen LogP contribution in [0, 0.1) is 15.9 Å². The number of nitrogens with zero attached hydrogens (tertiary/aromatic N) is 1. The van der Waals surface area contributed by atoms with Gasteiger partial charge in [0.25, 0.3) is 0 Å². The van der Waals surface area contributed by atoms with Gasteiger partial charge in [-0.3, -0.25) is 10.1 Å². The van der Waals surface area contributed by atoms with Gasteiger partial charge in [-0.15, -0.1) is 0 Å². The SMILES string of the molecule is O=[N+]([O-])c1ccc(CNc2ccc(Br)cc2F)o1. The smallest absolute Gasteiger partial charge is 0.404 e. The van der Waals surface area contributed by atoms with Gasteiger partial charge < -0.3 is 9.73 Å². The van der Waals surface area contributed by atoms with Crippen LogP contribution in [0.4, 0.5) is 16.0 Å². The molecule has 7 heteroatoms. The van der Waals surface area contributed by atoms with Crippen molar-refractivity contribution in [3.8, 4) is 0 Å². The molecule has 2 rings (SSSR count). The average Bonchev–Trinajstić information content (AvgIpc) is 2.76. The quantitative estimate of drug-likeness (QED) is 0.690. The summed E-state index contributed by atoms with van der Waals surface area (Å²) in [4.78, 5) is 9.78. The van der Waals surface area contributed by atoms with Crippen molar-refractivity contribution in [2.75, 3.05) is 5.32 Å². The van der Waals surface area contributed by atoms with E-state index >= 15 is 0 Å². The van der Waals surface area contributed by atoms with Crippen molar-refractivity contribution >= 4 is 27.5 Å². The van der Waals surface area contributed by atoms with Crippen molar-refractivity contribution in [1.29, 1.82) is 0 Å². The third kappa shape index (κ3) is 2.86. The highest BCUT2D eigenvalue weighted by molar-refractivity contribution is 9.10. The molecule has 0 aliphatic rings. The van der Waals surface area contributed by atoms with Gasteiger partial charge in [-0.05, 0) is 24.3 Å². The zero-order chi connectivity index (χ0) is 13.1. The lowest BCUT2D eigenvalue weighted by molar-refractivity contribution is -0.402. The Morgan fingerprint density at radius 3 is 2.78 bits per heavy atom. The van der Waals surface area contributed by atoms with Crippen LogP contribution in [0.1, 0.15) is 5.76 Å². The summed E-state index contributed by atoms with van der Waals surface area (Å²) in [7, 11) is 0. The lowest BCUT2D eigenvalue weighted by atomic mass is 10.3. The minimum atomic E-state index is -0.621. The molecule has 5 nitrogen and oxygen atoms in total. The minimum Gasteiger partial charge on any atom is -0.404 e. The predicted molar refractivity (Wildman–Crippen MR) is 66.8 cm³/mol. The zero-order valence-corrected chi connectivity index (χ0v) is 10.6. The number of furan rings is 1. The van der Waals surface area contributed by atoms with Crippen molar-refractivity contribution in [3.63, 3.8) is 0 Å². The van der Waals surface area contributed by atoms with Crippen LogP contribution in [0.5, 0.6) is 0 Å². The molecule has 0 atom stereocenters. The molecule has 18 heavy (non-hydrogen) atoms. The summed E-state index contributed by atoms with van der Waals surface area (Å²) in [5.74, 6) is -0.377. The number of hydrogen-bond acceptors (Lipinski definition) is 4. The molecular formula is C11H8BrFN2O3. The number of halogens is 2. The normalized spacial score (nSPS) is 10.3. The molecule has 1 N–H and O–H groups in total. The van der Waals surface area contributed by atoms with E-state index in [9.17, 15) is 14.5 Å². The minimum absolute atomic E-state index is 0.173. The average molecular weight is 315 g/mol. The van der Waals surface area contributed by atoms with E-state index in [2.05, 4.69) is 21.2 Å². The van der Waals surface area contributed by atoms with Crippen LogP contribution in [-0.4, -0.2) is 4.92 Å². The monoisotopic (exact) mass is 314 g/mol. The second-order valence-corrected chi connectivity index (χ2v) is 4.39. The molecular weight excluding hydrogens is 307 g/mol. The molecule has 0 saturated carbocycles. The van der Waals surface area contributed by atoms with Gasteiger partial charge in [0.15, 0.2) is 0 Å². The lowest BCUT2D eigenvalue weighted by Gasteiger charge is -2.05. The van der Waals surface area contributed by atoms with Crippen molar-refractivity contribution in [3.05, 3.63) is 56.5 Å². The molecule has 0 radical (unpaired) electrons. The van der Waals surface area contributed by atoms with Crippen LogP contribution in [0.15, 0.2) is 39.2 Å². The molecule has 0 aliphatic heterocycles. The summed E-state index contributed by atoms with van der Waals surface area (Å²) in [6, 6.07) is 7.32. The summed E-state index contributed by atoms with van der Waals surface area (Å²) in [6.45, 7) is 0.173. The Morgan fingerprint density at radius 2 is 2.17 bits per heavy atom. The van der Waals surface area contributed by atoms with Crippen LogP contribution in [0.3, 0.4) is 0 Å². The number of rotatable bonds is 4. The lowest BCUT2D eigenvalue weighted by Crippen LogP contribution is -2.00. The number of hydrogen-bond donors (Lipinski definition) is 1. The van der Waals surface area contributed by atoms with E-state index in [-0.39, 0.29) is 12.4 Å². The Bertz CT molecular complexity index is 585. The van der Waals surface area contributed by atoms with Gasteiger partial charge in [0.1, 0.15) is 16.5 Å². The van der Waals surface area contributed by atoms with E-state index in [1.165, 1.54) is 18.2 Å². The van der Waals surface area contributed by atoms with Crippen molar-refractivity contribution in [2.45, 2.75) is 6.54 Å². The van der Waals surface area contributed by atoms with E-state index in [0.29, 0.717) is 15.9 Å². The van der Waals surface area contributed by atoms with Gasteiger partial charge in [0.2, 0.25) is 0 Å². The molecule has 0 fully saturated rings. The first-order valence-corrected chi connectivity index (χ1v) is 5.77. The number of anilines is 1. The molecule has 0 bridgehead atoms. The maximum Gasteiger partial charge on any atom is 0.433 e. The number of benzene rings is 1. The van der Waals surface area contributed by atoms with E-state index in [1.807, 2.05) is 0 Å². The predicted octanol–water partition coefficient (Wildman–Crippen LogP) is 3.70. The first kappa shape index (κ1) is 12.6. The molecule has 0 saturated heterocycles. The van der Waals surface area contributed by atoms with Crippen LogP contribution < -0.4 is 5.32 Å². The highest BCUT2D eigenvalue weighted by atomic mass is 79.9. The highest BCUT2D eigenvalue weighted by Crippen LogP contribution is 2.21. The second-order valence-electron chi connectivity index (χ2n) is 3.47. The van der Waals surface area contributed by atoms with E-state index in [0.717, 1.165) is 0 Å². The standard InChI is InChI=1S/C11H8BrFN2O3/c12-7-1-3-10(9(13)5-7)14-6-8-2-4-11(18-8)15(16)17/h1-5,14H,6H2. The van der Waals surface area contributed by atoms with Gasteiger partial charge in [-0.2, -0.15) is 0 Å². The summed E-state index contributed by atoms with van der Waals surface area (Å²) in [5, 5.41) is 13.2. The fraction of sp³-hybridized carbons (Fsp3) is 0.0909. The van der Waals surface area contributed by atoms with Gasteiger partial charge in [-0.1, -0.05) is 15.9 Å². The van der Waals surface area contributed by atoms with Gasteiger partial charge >= 0.3 is 5.88 Å². The summed E-state index contributed by atoms with van der Waals surface area (Å²) >= 11 is 3.15. The molecule has 1 heterocycles. The molecule has 0 aliphatic carbocycles. The largest absolute Gasteiger partial charge is 0.433 e. The zero-order valence-electron chi connectivity index (χ0n) is 9.02. The first-order valence-electron chi connectivity index (χ1n) is 4.98. The molecule has 0 spiro atoms. The Balaban J connectivity index is 2.04. The van der Waals surface area contributed by atoms with Gasteiger partial charge in [0, 0.05) is 4.47 Å². The van der Waals surface area contributed by atoms with Crippen molar-refractivity contribution in [2.24, 2.45) is 0 Å². The van der Waals surface area contributed by atoms with Crippen molar-refractivity contribution < 1.29 is 13.7 Å². The van der Waals surface area contributed by atoms with Crippen LogP contribution >= 0.6 is 15.9 Å². The topological polar surface area (TPSA) is 68.3 Å². The van der Waals surface area contributed by atoms with Crippen molar-refractivity contribution in [1.82, 2.24) is 0 Å². The summed E-state index contributed by atoms with van der Waals surface area (Å²) in [6.07, 6.45) is 0. The summed E-state index contributed by atoms with van der Waals surface area (Å²) < 4.78 is 19.0. The Labute approximate surface area is 110 Å². The Kier molecular flexibility index (Phi) is 3.61. The number of nitrogens with one attached hydrogen (secondary N) is 1. The summed E-state index contributed by atoms with van der Waals surface area (Å²) in [5.41, 5.74) is 0.303. The van der Waals surface area contributed by atoms with E-state index < -0.39 is 10.7 Å². The highest BCUT2D eigenvalue weighted by Gasteiger charge is 2.11. The van der Waals surface area contributed by atoms with E-state index in [4.69, 9.17) is 4.42 Å². The maximum absolute atomic E-state index is 13.5. The van der Waals surface area contributed by atoms with Crippen LogP contribution in [0.2, 0.25) is 0 Å². The third-order valence-corrected chi connectivity index (χ3v) is 2.70. The molecule has 2 aromatic rings. The number of nitro groups is 1. The first-order chi connectivity index (χ1) is 8.56. The molecule has 94 valence electrons. The second kappa shape index (κ2) is 5.18. The maximum atomic E-state index is 13.5. The van der Waals surface area contributed by atoms with Gasteiger partial charge in [0.05, 0.1) is 18.3 Å². The van der Waals surface area contributed by atoms with E-state index in [1.54, 1.807) is 12.1 Å². The third-order valence-electron chi connectivity index (χ3n) is 2.21. The van der Waals surface area contributed by atoms with Crippen LogP contribution in [-0.2, 0) is 6.54 Å². The molecule has 0 unspecified atom stereocenters. The molecule has 1 aromatic heterocycles. The fourth-order valence-corrected chi connectivity index (χ4v) is 1.71. The molecule has 0 amide bonds. The Hall–Kier alpha value is -1.89. The van der Waals surface area contributed by atoms with Gasteiger partial charge in [-0.25, -0.2) is 4.39 Å². The van der Waals surface area contributed by atoms with Crippen LogP contribution in [0.25, 0.3) is 0 Å². The fourth-order valence-electron chi connectivity index (χ4n) is 1.37. The Morgan fingerprint density at radius 1 is 1.39 bits per heavy atom. The molecule has 1 aromatic carbocycles.